The van der Waals surface area contributed by atoms with Gasteiger partial charge in [0.15, 0.2) is 0 Å². The standard InChI is InChI=1S/C15H13NO2/c1-10-7-11(9-17)5-6-14(10)12-3-2-4-13(8-12)15(16)18/h2-9H,1H3,(H2,16,18). The molecule has 1 amide bonds. The number of amides is 1. The second-order valence-corrected chi connectivity index (χ2v) is 4.14. The highest BCUT2D eigenvalue weighted by Gasteiger charge is 2.06. The first-order valence-corrected chi connectivity index (χ1v) is 5.58. The predicted molar refractivity (Wildman–Crippen MR) is 70.5 cm³/mol. The molecule has 0 aromatic heterocycles. The van der Waals surface area contributed by atoms with E-state index in [1.54, 1.807) is 24.3 Å². The maximum atomic E-state index is 11.1. The third kappa shape index (κ3) is 2.30. The number of primary amides is 1. The number of carbonyl (C=O) groups is 2. The van der Waals surface area contributed by atoms with Crippen LogP contribution in [0.2, 0.25) is 0 Å². The number of aryl methyl sites for hydroxylation is 1. The molecule has 3 nitrogen and oxygen atoms in total. The number of aldehydes is 1. The van der Waals surface area contributed by atoms with Crippen LogP contribution >= 0.6 is 0 Å². The molecule has 0 unspecified atom stereocenters. The van der Waals surface area contributed by atoms with Gasteiger partial charge >= 0.3 is 0 Å². The molecule has 2 N–H and O–H groups in total. The molecule has 2 aromatic rings. The molecule has 0 saturated carbocycles. The van der Waals surface area contributed by atoms with Crippen LogP contribution in [-0.2, 0) is 0 Å². The summed E-state index contributed by atoms with van der Waals surface area (Å²) in [5.74, 6) is -0.445. The first-order chi connectivity index (χ1) is 8.61. The molecule has 0 atom stereocenters. The number of nitrogens with two attached hydrogens (primary N) is 1. The molecule has 18 heavy (non-hydrogen) atoms. The van der Waals surface area contributed by atoms with Gasteiger partial charge in [-0.2, -0.15) is 0 Å². The molecule has 0 aliphatic carbocycles. The van der Waals surface area contributed by atoms with Gasteiger partial charge in [0.2, 0.25) is 5.91 Å². The quantitative estimate of drug-likeness (QED) is 0.837. The summed E-state index contributed by atoms with van der Waals surface area (Å²) in [4.78, 5) is 21.8. The number of hydrogen-bond donors (Lipinski definition) is 1. The van der Waals surface area contributed by atoms with Crippen molar-refractivity contribution in [1.82, 2.24) is 0 Å². The maximum Gasteiger partial charge on any atom is 0.248 e. The predicted octanol–water partition coefficient (Wildman–Crippen LogP) is 2.57. The average Bonchev–Trinajstić information content (AvgIpc) is 2.38. The van der Waals surface area contributed by atoms with Gasteiger partial charge in [-0.25, -0.2) is 0 Å². The normalized spacial score (nSPS) is 10.1. The largest absolute Gasteiger partial charge is 0.366 e. The fourth-order valence-electron chi connectivity index (χ4n) is 1.92. The molecular formula is C15H13NO2. The summed E-state index contributed by atoms with van der Waals surface area (Å²) in [6, 6.07) is 12.6. The fraction of sp³-hybridized carbons (Fsp3) is 0.0667. The van der Waals surface area contributed by atoms with Crippen molar-refractivity contribution < 1.29 is 9.59 Å². The molecule has 0 heterocycles. The van der Waals surface area contributed by atoms with Crippen molar-refractivity contribution in [3.05, 3.63) is 59.2 Å². The summed E-state index contributed by atoms with van der Waals surface area (Å²) in [5.41, 5.74) is 9.27. The number of carbonyl (C=O) groups excluding carboxylic acids is 2. The first kappa shape index (κ1) is 12.0. The van der Waals surface area contributed by atoms with Crippen LogP contribution < -0.4 is 5.73 Å². The second-order valence-electron chi connectivity index (χ2n) is 4.14. The zero-order valence-corrected chi connectivity index (χ0v) is 10.0. The Labute approximate surface area is 105 Å². The lowest BCUT2D eigenvalue weighted by atomic mass is 9.97. The third-order valence-corrected chi connectivity index (χ3v) is 2.84. The maximum absolute atomic E-state index is 11.1. The van der Waals surface area contributed by atoms with Gasteiger partial charge in [0.05, 0.1) is 0 Å². The van der Waals surface area contributed by atoms with Gasteiger partial charge in [0.25, 0.3) is 0 Å². The first-order valence-electron chi connectivity index (χ1n) is 5.58. The lowest BCUT2D eigenvalue weighted by molar-refractivity contribution is 0.1000. The minimum atomic E-state index is -0.445. The zero-order chi connectivity index (χ0) is 13.1. The molecular weight excluding hydrogens is 226 g/mol. The van der Waals surface area contributed by atoms with Crippen LogP contribution in [0.3, 0.4) is 0 Å². The Kier molecular flexibility index (Phi) is 3.24. The van der Waals surface area contributed by atoms with Gasteiger partial charge in [0, 0.05) is 11.1 Å². The van der Waals surface area contributed by atoms with Crippen LogP contribution in [0.15, 0.2) is 42.5 Å². The number of rotatable bonds is 3. The van der Waals surface area contributed by atoms with Gasteiger partial charge in [-0.1, -0.05) is 24.3 Å². The molecule has 0 radical (unpaired) electrons. The van der Waals surface area contributed by atoms with E-state index < -0.39 is 5.91 Å². The zero-order valence-electron chi connectivity index (χ0n) is 10.0. The van der Waals surface area contributed by atoms with Crippen molar-refractivity contribution in [2.75, 3.05) is 0 Å². The van der Waals surface area contributed by atoms with E-state index in [-0.39, 0.29) is 0 Å². The van der Waals surface area contributed by atoms with Crippen molar-refractivity contribution in [3.8, 4) is 11.1 Å². The highest BCUT2D eigenvalue weighted by Crippen LogP contribution is 2.24. The van der Waals surface area contributed by atoms with Gasteiger partial charge in [-0.3, -0.25) is 9.59 Å². The molecule has 0 aliphatic rings. The smallest absolute Gasteiger partial charge is 0.248 e. The molecule has 2 rings (SSSR count). The molecule has 0 aliphatic heterocycles. The van der Waals surface area contributed by atoms with Gasteiger partial charge in [-0.05, 0) is 41.8 Å². The van der Waals surface area contributed by atoms with Crippen LogP contribution in [0.25, 0.3) is 11.1 Å². The minimum absolute atomic E-state index is 0.445. The van der Waals surface area contributed by atoms with E-state index in [0.29, 0.717) is 11.1 Å². The number of hydrogen-bond acceptors (Lipinski definition) is 2. The van der Waals surface area contributed by atoms with E-state index in [2.05, 4.69) is 0 Å². The highest BCUT2D eigenvalue weighted by molar-refractivity contribution is 5.94. The molecule has 2 aromatic carbocycles. The van der Waals surface area contributed by atoms with Crippen LogP contribution in [0.1, 0.15) is 26.3 Å². The van der Waals surface area contributed by atoms with Crippen molar-refractivity contribution in [2.24, 2.45) is 5.73 Å². The topological polar surface area (TPSA) is 60.2 Å². The lowest BCUT2D eigenvalue weighted by Gasteiger charge is -2.07. The summed E-state index contributed by atoms with van der Waals surface area (Å²) < 4.78 is 0. The van der Waals surface area contributed by atoms with Crippen molar-refractivity contribution >= 4 is 12.2 Å². The molecule has 0 bridgehead atoms. The monoisotopic (exact) mass is 239 g/mol. The van der Waals surface area contributed by atoms with E-state index in [4.69, 9.17) is 5.73 Å². The molecule has 0 spiro atoms. The number of benzene rings is 2. The Hall–Kier alpha value is -2.42. The SMILES string of the molecule is Cc1cc(C=O)ccc1-c1cccc(C(N)=O)c1. The summed E-state index contributed by atoms with van der Waals surface area (Å²) in [7, 11) is 0. The van der Waals surface area contributed by atoms with Crippen molar-refractivity contribution in [3.63, 3.8) is 0 Å². The third-order valence-electron chi connectivity index (χ3n) is 2.84. The van der Waals surface area contributed by atoms with E-state index >= 15 is 0 Å². The Balaban J connectivity index is 2.51. The van der Waals surface area contributed by atoms with Crippen LogP contribution in [0.5, 0.6) is 0 Å². The van der Waals surface area contributed by atoms with Gasteiger partial charge in [-0.15, -0.1) is 0 Å². The highest BCUT2D eigenvalue weighted by atomic mass is 16.1. The van der Waals surface area contributed by atoms with Gasteiger partial charge < -0.3 is 5.73 Å². The summed E-state index contributed by atoms with van der Waals surface area (Å²) in [6.07, 6.45) is 0.816. The average molecular weight is 239 g/mol. The molecule has 90 valence electrons. The van der Waals surface area contributed by atoms with Crippen LogP contribution in [-0.4, -0.2) is 12.2 Å². The summed E-state index contributed by atoms with van der Waals surface area (Å²) >= 11 is 0. The van der Waals surface area contributed by atoms with E-state index in [9.17, 15) is 9.59 Å². The van der Waals surface area contributed by atoms with Crippen molar-refractivity contribution in [1.29, 1.82) is 0 Å². The van der Waals surface area contributed by atoms with Gasteiger partial charge in [0.1, 0.15) is 6.29 Å². The Morgan fingerprint density at radius 1 is 1.17 bits per heavy atom. The second kappa shape index (κ2) is 4.84. The van der Waals surface area contributed by atoms with E-state index in [1.807, 2.05) is 25.1 Å². The summed E-state index contributed by atoms with van der Waals surface area (Å²) in [5, 5.41) is 0. The van der Waals surface area contributed by atoms with Crippen LogP contribution in [0.4, 0.5) is 0 Å². The molecule has 0 fully saturated rings. The fourth-order valence-corrected chi connectivity index (χ4v) is 1.92. The molecule has 0 saturated heterocycles. The Bertz CT molecular complexity index is 618. The Morgan fingerprint density at radius 2 is 1.94 bits per heavy atom. The summed E-state index contributed by atoms with van der Waals surface area (Å²) in [6.45, 7) is 1.93. The van der Waals surface area contributed by atoms with Crippen LogP contribution in [0, 0.1) is 6.92 Å². The Morgan fingerprint density at radius 3 is 2.56 bits per heavy atom. The van der Waals surface area contributed by atoms with Crippen molar-refractivity contribution in [2.45, 2.75) is 6.92 Å². The van der Waals surface area contributed by atoms with E-state index in [0.717, 1.165) is 23.0 Å². The minimum Gasteiger partial charge on any atom is -0.366 e. The van der Waals surface area contributed by atoms with E-state index in [1.165, 1.54) is 0 Å². The lowest BCUT2D eigenvalue weighted by Crippen LogP contribution is -2.10. The molecule has 3 heteroatoms.